The lowest BCUT2D eigenvalue weighted by Gasteiger charge is -2.37. The molecule has 0 aromatic carbocycles. The summed E-state index contributed by atoms with van der Waals surface area (Å²) in [7, 11) is 0. The van der Waals surface area contributed by atoms with Crippen LogP contribution in [-0.4, -0.2) is 41.7 Å². The minimum Gasteiger partial charge on any atom is -0.395 e. The summed E-state index contributed by atoms with van der Waals surface area (Å²) in [4.78, 5) is 13.9. The van der Waals surface area contributed by atoms with Crippen molar-refractivity contribution >= 4 is 5.91 Å². The minimum absolute atomic E-state index is 0.0788. The fraction of sp³-hybridized carbons (Fsp3) is 0.923. The average molecular weight is 242 g/mol. The number of aliphatic hydroxyl groups is 1. The van der Waals surface area contributed by atoms with Gasteiger partial charge in [-0.1, -0.05) is 12.8 Å². The zero-order chi connectivity index (χ0) is 12.5. The number of rotatable bonds is 9. The lowest BCUT2D eigenvalue weighted by molar-refractivity contribution is -0.136. The van der Waals surface area contributed by atoms with Crippen molar-refractivity contribution in [3.63, 3.8) is 0 Å². The summed E-state index contributed by atoms with van der Waals surface area (Å²) < 4.78 is 0. The number of amides is 1. The summed E-state index contributed by atoms with van der Waals surface area (Å²) in [6.07, 6.45) is 8.27. The number of hydrogen-bond acceptors (Lipinski definition) is 3. The normalized spacial score (nSPS) is 15.6. The third-order valence-electron chi connectivity index (χ3n) is 3.52. The van der Waals surface area contributed by atoms with Crippen LogP contribution in [0.15, 0.2) is 0 Å². The zero-order valence-electron chi connectivity index (χ0n) is 10.7. The average Bonchev–Trinajstić information content (AvgIpc) is 2.25. The predicted octanol–water partition coefficient (Wildman–Crippen LogP) is 1.27. The van der Waals surface area contributed by atoms with Crippen LogP contribution < -0.4 is 5.73 Å². The second-order valence-corrected chi connectivity index (χ2v) is 4.85. The van der Waals surface area contributed by atoms with Crippen molar-refractivity contribution in [1.29, 1.82) is 0 Å². The Morgan fingerprint density at radius 1 is 1.24 bits per heavy atom. The molecule has 1 aliphatic carbocycles. The van der Waals surface area contributed by atoms with E-state index in [2.05, 4.69) is 0 Å². The maximum Gasteiger partial charge on any atom is 0.222 e. The molecule has 0 unspecified atom stereocenters. The zero-order valence-corrected chi connectivity index (χ0v) is 10.7. The quantitative estimate of drug-likeness (QED) is 0.598. The standard InChI is InChI=1S/C13H26N2O2/c14-9-4-2-1-3-8-13(17)15(10-11-16)12-6-5-7-12/h12,16H,1-11,14H2. The van der Waals surface area contributed by atoms with Gasteiger partial charge >= 0.3 is 0 Å². The van der Waals surface area contributed by atoms with Gasteiger partial charge in [0.2, 0.25) is 5.91 Å². The van der Waals surface area contributed by atoms with Crippen LogP contribution in [0.5, 0.6) is 0 Å². The SMILES string of the molecule is NCCCCCCC(=O)N(CCO)C1CCC1. The summed E-state index contributed by atoms with van der Waals surface area (Å²) in [5, 5.41) is 8.99. The van der Waals surface area contributed by atoms with Crippen LogP contribution in [0.4, 0.5) is 0 Å². The first-order valence-corrected chi connectivity index (χ1v) is 6.90. The fourth-order valence-electron chi connectivity index (χ4n) is 2.23. The number of aliphatic hydroxyl groups excluding tert-OH is 1. The van der Waals surface area contributed by atoms with Crippen LogP contribution in [0.3, 0.4) is 0 Å². The molecular weight excluding hydrogens is 216 g/mol. The Bertz CT molecular complexity index is 217. The molecule has 3 N–H and O–H groups in total. The van der Waals surface area contributed by atoms with Gasteiger partial charge in [0.25, 0.3) is 0 Å². The molecule has 1 aliphatic rings. The molecule has 1 amide bonds. The van der Waals surface area contributed by atoms with E-state index >= 15 is 0 Å². The van der Waals surface area contributed by atoms with Gasteiger partial charge in [0.05, 0.1) is 6.61 Å². The maximum atomic E-state index is 12.0. The Kier molecular flexibility index (Phi) is 7.21. The number of unbranched alkanes of at least 4 members (excludes halogenated alkanes) is 3. The molecule has 0 aromatic rings. The van der Waals surface area contributed by atoms with Crippen molar-refractivity contribution in [2.45, 2.75) is 57.4 Å². The summed E-state index contributed by atoms with van der Waals surface area (Å²) in [6.45, 7) is 1.33. The van der Waals surface area contributed by atoms with Gasteiger partial charge in [-0.15, -0.1) is 0 Å². The highest BCUT2D eigenvalue weighted by atomic mass is 16.3. The molecule has 1 rings (SSSR count). The van der Waals surface area contributed by atoms with Gasteiger partial charge in [0.15, 0.2) is 0 Å². The molecule has 0 bridgehead atoms. The Balaban J connectivity index is 2.17. The molecule has 0 heterocycles. The minimum atomic E-state index is 0.0788. The highest BCUT2D eigenvalue weighted by Gasteiger charge is 2.27. The van der Waals surface area contributed by atoms with Crippen LogP contribution in [0.2, 0.25) is 0 Å². The molecule has 0 aromatic heterocycles. The molecule has 100 valence electrons. The van der Waals surface area contributed by atoms with Gasteiger partial charge in [-0.2, -0.15) is 0 Å². The van der Waals surface area contributed by atoms with E-state index in [0.717, 1.165) is 45.1 Å². The fourth-order valence-corrected chi connectivity index (χ4v) is 2.23. The number of hydrogen-bond donors (Lipinski definition) is 2. The molecule has 0 radical (unpaired) electrons. The first-order valence-electron chi connectivity index (χ1n) is 6.90. The first kappa shape index (κ1) is 14.5. The van der Waals surface area contributed by atoms with E-state index in [1.54, 1.807) is 0 Å². The smallest absolute Gasteiger partial charge is 0.222 e. The number of carbonyl (C=O) groups is 1. The van der Waals surface area contributed by atoms with Crippen LogP contribution in [0.1, 0.15) is 51.4 Å². The van der Waals surface area contributed by atoms with Crippen molar-refractivity contribution < 1.29 is 9.90 Å². The van der Waals surface area contributed by atoms with Crippen molar-refractivity contribution in [3.05, 3.63) is 0 Å². The molecular formula is C13H26N2O2. The van der Waals surface area contributed by atoms with Crippen LogP contribution >= 0.6 is 0 Å². The molecule has 0 saturated heterocycles. The van der Waals surface area contributed by atoms with Crippen LogP contribution in [-0.2, 0) is 4.79 Å². The molecule has 17 heavy (non-hydrogen) atoms. The topological polar surface area (TPSA) is 66.6 Å². The second kappa shape index (κ2) is 8.48. The molecule has 4 heteroatoms. The number of nitrogens with two attached hydrogens (primary N) is 1. The first-order chi connectivity index (χ1) is 8.29. The molecule has 1 saturated carbocycles. The third kappa shape index (κ3) is 5.04. The van der Waals surface area contributed by atoms with Gasteiger partial charge in [0, 0.05) is 19.0 Å². The lowest BCUT2D eigenvalue weighted by atomic mass is 9.91. The van der Waals surface area contributed by atoms with Crippen molar-refractivity contribution in [2.75, 3.05) is 19.7 Å². The van der Waals surface area contributed by atoms with Gasteiger partial charge < -0.3 is 15.7 Å². The summed E-state index contributed by atoms with van der Waals surface area (Å²) >= 11 is 0. The van der Waals surface area contributed by atoms with E-state index in [0.29, 0.717) is 19.0 Å². The maximum absolute atomic E-state index is 12.0. The molecule has 4 nitrogen and oxygen atoms in total. The Labute approximate surface area is 104 Å². The van der Waals surface area contributed by atoms with E-state index in [1.807, 2.05) is 4.90 Å². The predicted molar refractivity (Wildman–Crippen MR) is 68.6 cm³/mol. The van der Waals surface area contributed by atoms with Gasteiger partial charge in [0.1, 0.15) is 0 Å². The van der Waals surface area contributed by atoms with Crippen LogP contribution in [0, 0.1) is 0 Å². The van der Waals surface area contributed by atoms with Gasteiger partial charge in [-0.25, -0.2) is 0 Å². The van der Waals surface area contributed by atoms with Crippen LogP contribution in [0.25, 0.3) is 0 Å². The Morgan fingerprint density at radius 2 is 1.94 bits per heavy atom. The Morgan fingerprint density at radius 3 is 2.47 bits per heavy atom. The van der Waals surface area contributed by atoms with E-state index < -0.39 is 0 Å². The van der Waals surface area contributed by atoms with E-state index in [4.69, 9.17) is 10.8 Å². The summed E-state index contributed by atoms with van der Waals surface area (Å²) in [5.41, 5.74) is 5.42. The largest absolute Gasteiger partial charge is 0.395 e. The Hall–Kier alpha value is -0.610. The van der Waals surface area contributed by atoms with Crippen molar-refractivity contribution in [1.82, 2.24) is 4.90 Å². The van der Waals surface area contributed by atoms with Crippen molar-refractivity contribution in [3.8, 4) is 0 Å². The van der Waals surface area contributed by atoms with E-state index in [1.165, 1.54) is 6.42 Å². The highest BCUT2D eigenvalue weighted by Crippen LogP contribution is 2.25. The van der Waals surface area contributed by atoms with Gasteiger partial charge in [-0.3, -0.25) is 4.79 Å². The monoisotopic (exact) mass is 242 g/mol. The molecule has 0 aliphatic heterocycles. The van der Waals surface area contributed by atoms with Crippen molar-refractivity contribution in [2.24, 2.45) is 5.73 Å². The third-order valence-corrected chi connectivity index (χ3v) is 3.52. The summed E-state index contributed by atoms with van der Waals surface area (Å²) in [5.74, 6) is 0.219. The molecule has 0 spiro atoms. The van der Waals surface area contributed by atoms with Gasteiger partial charge in [-0.05, 0) is 38.6 Å². The highest BCUT2D eigenvalue weighted by molar-refractivity contribution is 5.76. The van der Waals surface area contributed by atoms with E-state index in [-0.39, 0.29) is 12.5 Å². The number of nitrogens with zero attached hydrogens (tertiary/aromatic N) is 1. The second-order valence-electron chi connectivity index (χ2n) is 4.85. The van der Waals surface area contributed by atoms with E-state index in [9.17, 15) is 4.79 Å². The summed E-state index contributed by atoms with van der Waals surface area (Å²) in [6, 6.07) is 0.402. The molecule has 0 atom stereocenters. The lowest BCUT2D eigenvalue weighted by Crippen LogP contribution is -2.45. The number of carbonyl (C=O) groups excluding carboxylic acids is 1. The molecule has 1 fully saturated rings.